The van der Waals surface area contributed by atoms with E-state index in [1.165, 1.54) is 0 Å². The minimum absolute atomic E-state index is 0.411. The third-order valence-electron chi connectivity index (χ3n) is 1.80. The Bertz CT molecular complexity index is 381. The first-order chi connectivity index (χ1) is 5.81. The molecule has 0 aromatic carbocycles. The van der Waals surface area contributed by atoms with Crippen molar-refractivity contribution in [1.29, 1.82) is 5.26 Å². The Balaban J connectivity index is 2.42. The highest BCUT2D eigenvalue weighted by atomic mass is 15.2. The van der Waals surface area contributed by atoms with E-state index in [0.717, 1.165) is 11.4 Å². The van der Waals surface area contributed by atoms with E-state index in [4.69, 9.17) is 11.0 Å². The summed E-state index contributed by atoms with van der Waals surface area (Å²) in [5, 5.41) is 18.1. The van der Waals surface area contributed by atoms with Gasteiger partial charge in [-0.2, -0.15) is 10.4 Å². The molecule has 0 fully saturated rings. The Morgan fingerprint density at radius 3 is 3.25 bits per heavy atom. The van der Waals surface area contributed by atoms with Crippen LogP contribution >= 0.6 is 0 Å². The van der Waals surface area contributed by atoms with E-state index in [1.807, 2.05) is 6.07 Å². The van der Waals surface area contributed by atoms with E-state index in [0.29, 0.717) is 17.8 Å². The largest absolute Gasteiger partial charge is 0.384 e. The normalized spacial score (nSPS) is 14.9. The number of hydrogen-bond acceptors (Lipinski definition) is 4. The number of aromatic amines is 1. The van der Waals surface area contributed by atoms with Crippen molar-refractivity contribution in [3.63, 3.8) is 0 Å². The number of nitrogens with two attached hydrogens (primary N) is 1. The smallest absolute Gasteiger partial charge is 0.130 e. The second-order valence-corrected chi connectivity index (χ2v) is 2.58. The molecule has 2 rings (SSSR count). The van der Waals surface area contributed by atoms with Gasteiger partial charge in [-0.1, -0.05) is 0 Å². The van der Waals surface area contributed by atoms with Gasteiger partial charge in [0.1, 0.15) is 11.6 Å². The number of H-pyrrole nitrogens is 1. The van der Waals surface area contributed by atoms with Crippen LogP contribution in [0.2, 0.25) is 0 Å². The van der Waals surface area contributed by atoms with Crippen LogP contribution in [0, 0.1) is 11.3 Å². The SMILES string of the molecule is N#CC1=C(N)Nc2[nH]ncc2C1. The molecule has 0 aliphatic carbocycles. The lowest BCUT2D eigenvalue weighted by Gasteiger charge is -2.13. The first kappa shape index (κ1) is 6.73. The lowest BCUT2D eigenvalue weighted by molar-refractivity contribution is 1.05. The fourth-order valence-corrected chi connectivity index (χ4v) is 1.15. The number of allylic oxidation sites excluding steroid dienone is 1. The summed E-state index contributed by atoms with van der Waals surface area (Å²) >= 11 is 0. The molecule has 5 nitrogen and oxygen atoms in total. The standard InChI is InChI=1S/C7H7N5/c8-2-4-1-5-3-10-12-7(5)11-6(4)9/h3H,1,9H2,(H2,10,11,12). The van der Waals surface area contributed by atoms with Crippen LogP contribution in [-0.2, 0) is 6.42 Å². The van der Waals surface area contributed by atoms with Crippen molar-refractivity contribution in [1.82, 2.24) is 10.2 Å². The van der Waals surface area contributed by atoms with E-state index in [2.05, 4.69) is 15.5 Å². The highest BCUT2D eigenvalue weighted by Gasteiger charge is 2.16. The summed E-state index contributed by atoms with van der Waals surface area (Å²) in [6.45, 7) is 0. The zero-order chi connectivity index (χ0) is 8.55. The third kappa shape index (κ3) is 0.820. The molecule has 12 heavy (non-hydrogen) atoms. The fraction of sp³-hybridized carbons (Fsp3) is 0.143. The second kappa shape index (κ2) is 2.27. The number of nitrogens with zero attached hydrogens (tertiary/aromatic N) is 2. The zero-order valence-corrected chi connectivity index (χ0v) is 6.26. The molecule has 1 aromatic heterocycles. The Morgan fingerprint density at radius 1 is 1.67 bits per heavy atom. The highest BCUT2D eigenvalue weighted by Crippen LogP contribution is 2.22. The van der Waals surface area contributed by atoms with Gasteiger partial charge < -0.3 is 11.1 Å². The van der Waals surface area contributed by atoms with Gasteiger partial charge in [0.15, 0.2) is 0 Å². The van der Waals surface area contributed by atoms with E-state index in [-0.39, 0.29) is 0 Å². The van der Waals surface area contributed by atoms with Gasteiger partial charge in [0.25, 0.3) is 0 Å². The minimum Gasteiger partial charge on any atom is -0.384 e. The van der Waals surface area contributed by atoms with Gasteiger partial charge in [0.05, 0.1) is 17.8 Å². The van der Waals surface area contributed by atoms with E-state index in [1.54, 1.807) is 6.20 Å². The van der Waals surface area contributed by atoms with Gasteiger partial charge in [-0.15, -0.1) is 0 Å². The molecule has 2 heterocycles. The fourth-order valence-electron chi connectivity index (χ4n) is 1.15. The van der Waals surface area contributed by atoms with Gasteiger partial charge >= 0.3 is 0 Å². The third-order valence-corrected chi connectivity index (χ3v) is 1.80. The molecule has 0 saturated carbocycles. The van der Waals surface area contributed by atoms with Crippen molar-refractivity contribution in [3.05, 3.63) is 23.2 Å². The van der Waals surface area contributed by atoms with Crippen molar-refractivity contribution in [3.8, 4) is 6.07 Å². The molecule has 60 valence electrons. The summed E-state index contributed by atoms with van der Waals surface area (Å²) < 4.78 is 0. The molecule has 1 aliphatic rings. The van der Waals surface area contributed by atoms with Crippen molar-refractivity contribution in [2.45, 2.75) is 6.42 Å². The molecule has 1 aliphatic heterocycles. The Hall–Kier alpha value is -1.96. The molecular formula is C7H7N5. The Morgan fingerprint density at radius 2 is 2.50 bits per heavy atom. The predicted octanol–water partition coefficient (Wildman–Crippen LogP) is 0.0716. The van der Waals surface area contributed by atoms with Crippen LogP contribution in [0.3, 0.4) is 0 Å². The average molecular weight is 161 g/mol. The van der Waals surface area contributed by atoms with Crippen LogP contribution in [0.4, 0.5) is 5.82 Å². The first-order valence-corrected chi connectivity index (χ1v) is 3.49. The number of anilines is 1. The van der Waals surface area contributed by atoms with Gasteiger partial charge in [-0.25, -0.2) is 0 Å². The summed E-state index contributed by atoms with van der Waals surface area (Å²) in [7, 11) is 0. The van der Waals surface area contributed by atoms with E-state index in [9.17, 15) is 0 Å². The molecule has 0 radical (unpaired) electrons. The van der Waals surface area contributed by atoms with Crippen LogP contribution in [0.25, 0.3) is 0 Å². The predicted molar refractivity (Wildman–Crippen MR) is 42.7 cm³/mol. The molecular weight excluding hydrogens is 154 g/mol. The van der Waals surface area contributed by atoms with Gasteiger partial charge in [-0.05, 0) is 0 Å². The molecule has 4 N–H and O–H groups in total. The van der Waals surface area contributed by atoms with Crippen molar-refractivity contribution in [2.24, 2.45) is 5.73 Å². The molecule has 1 aromatic rings. The summed E-state index contributed by atoms with van der Waals surface area (Å²) in [5.41, 5.74) is 7.09. The molecule has 0 saturated heterocycles. The Labute approximate surface area is 68.9 Å². The maximum Gasteiger partial charge on any atom is 0.130 e. The van der Waals surface area contributed by atoms with E-state index < -0.39 is 0 Å². The van der Waals surface area contributed by atoms with Crippen LogP contribution in [0.5, 0.6) is 0 Å². The van der Waals surface area contributed by atoms with E-state index >= 15 is 0 Å². The molecule has 0 unspecified atom stereocenters. The lowest BCUT2D eigenvalue weighted by atomic mass is 10.1. The number of aromatic nitrogens is 2. The average Bonchev–Trinajstić information content (AvgIpc) is 2.49. The van der Waals surface area contributed by atoms with Crippen molar-refractivity contribution >= 4 is 5.82 Å². The van der Waals surface area contributed by atoms with Crippen LogP contribution in [0.1, 0.15) is 5.56 Å². The topological polar surface area (TPSA) is 90.5 Å². The highest BCUT2D eigenvalue weighted by molar-refractivity contribution is 5.56. The number of nitriles is 1. The quantitative estimate of drug-likeness (QED) is 0.502. The van der Waals surface area contributed by atoms with Crippen molar-refractivity contribution < 1.29 is 0 Å². The molecule has 0 bridgehead atoms. The second-order valence-electron chi connectivity index (χ2n) is 2.58. The number of rotatable bonds is 0. The molecule has 0 atom stereocenters. The summed E-state index contributed by atoms with van der Waals surface area (Å²) in [6.07, 6.45) is 2.24. The Kier molecular flexibility index (Phi) is 1.27. The number of hydrogen-bond donors (Lipinski definition) is 3. The summed E-state index contributed by atoms with van der Waals surface area (Å²) in [4.78, 5) is 0. The first-order valence-electron chi connectivity index (χ1n) is 3.49. The van der Waals surface area contributed by atoms with Gasteiger partial charge in [0.2, 0.25) is 0 Å². The van der Waals surface area contributed by atoms with Crippen LogP contribution in [-0.4, -0.2) is 10.2 Å². The maximum atomic E-state index is 8.67. The van der Waals surface area contributed by atoms with Crippen LogP contribution in [0.15, 0.2) is 17.6 Å². The van der Waals surface area contributed by atoms with Crippen LogP contribution < -0.4 is 11.1 Å². The summed E-state index contributed by atoms with van der Waals surface area (Å²) in [5.74, 6) is 1.20. The molecule has 0 spiro atoms. The minimum atomic E-state index is 0.411. The number of fused-ring (bicyclic) bond motifs is 1. The summed E-state index contributed by atoms with van der Waals surface area (Å²) in [6, 6.07) is 2.03. The van der Waals surface area contributed by atoms with Gasteiger partial charge in [0, 0.05) is 12.0 Å². The lowest BCUT2D eigenvalue weighted by Crippen LogP contribution is -2.18. The zero-order valence-electron chi connectivity index (χ0n) is 6.26. The molecule has 5 heteroatoms. The maximum absolute atomic E-state index is 8.67. The van der Waals surface area contributed by atoms with Gasteiger partial charge in [-0.3, -0.25) is 5.10 Å². The monoisotopic (exact) mass is 161 g/mol. The number of nitrogens with one attached hydrogen (secondary N) is 2. The molecule has 0 amide bonds. The van der Waals surface area contributed by atoms with Crippen molar-refractivity contribution in [2.75, 3.05) is 5.32 Å².